The number of carbonyl (C=O) groups is 3. The van der Waals surface area contributed by atoms with Crippen molar-refractivity contribution >= 4 is 18.0 Å². The number of fused-ring (bicyclic) bond motifs is 6. The summed E-state index contributed by atoms with van der Waals surface area (Å²) in [5.41, 5.74) is 1.72. The Morgan fingerprint density at radius 3 is 1.52 bits per heavy atom. The number of rotatable bonds is 9. The number of ether oxygens (including phenoxy) is 5. The maximum Gasteiger partial charge on any atom is 0.430 e. The second-order valence-electron chi connectivity index (χ2n) is 18.6. The SMILES string of the molecule is CCN1C(=O)N2Cc3cc(OC)cc(OC)c3[C@H](C)C=C2C12CCN(C(=O)[C@@](OC)(c1ccccc1)C(F)(F)F)CC2.CCN1C(=O)N2Cc3cc(OC)cc(OC)c3[C@H](C)C=C2C12CCNCC2. The molecule has 14 nitrogen and oxygen atoms in total. The van der Waals surface area contributed by atoms with Gasteiger partial charge in [0.15, 0.2) is 0 Å². The molecule has 6 aliphatic heterocycles. The molecule has 6 aliphatic rings. The van der Waals surface area contributed by atoms with Crippen LogP contribution >= 0.6 is 0 Å². The van der Waals surface area contributed by atoms with Gasteiger partial charge >= 0.3 is 18.2 Å². The molecule has 3 aromatic rings. The number of hydrogen-bond acceptors (Lipinski definition) is 9. The Hall–Kier alpha value is -5.94. The summed E-state index contributed by atoms with van der Waals surface area (Å²) >= 11 is 0. The minimum absolute atomic E-state index is 0.0281. The van der Waals surface area contributed by atoms with Crippen molar-refractivity contribution in [3.63, 3.8) is 0 Å². The fourth-order valence-electron chi connectivity index (χ4n) is 12.1. The van der Waals surface area contributed by atoms with Crippen LogP contribution in [0.1, 0.15) is 93.0 Å². The number of alkyl halides is 3. The highest BCUT2D eigenvalue weighted by molar-refractivity contribution is 5.88. The van der Waals surface area contributed by atoms with Gasteiger partial charge in [-0.25, -0.2) is 9.59 Å². The van der Waals surface area contributed by atoms with Gasteiger partial charge < -0.3 is 43.7 Å². The van der Waals surface area contributed by atoms with Gasteiger partial charge in [0.25, 0.3) is 11.5 Å². The van der Waals surface area contributed by atoms with Crippen LogP contribution in [0.15, 0.2) is 78.1 Å². The Bertz CT molecular complexity index is 2500. The molecule has 4 fully saturated rings. The highest BCUT2D eigenvalue weighted by atomic mass is 19.4. The molecule has 1 N–H and O–H groups in total. The zero-order valence-electron chi connectivity index (χ0n) is 41.1. The first kappa shape index (κ1) is 49.5. The number of nitrogens with one attached hydrogen (secondary N) is 1. The largest absolute Gasteiger partial charge is 0.497 e. The van der Waals surface area contributed by atoms with Crippen LogP contribution in [0, 0.1) is 0 Å². The topological polar surface area (TPSA) is 126 Å². The van der Waals surface area contributed by atoms with Crippen LogP contribution in [0.2, 0.25) is 0 Å². The molecule has 0 radical (unpaired) electrons. The summed E-state index contributed by atoms with van der Waals surface area (Å²) in [5.74, 6) is 1.75. The van der Waals surface area contributed by atoms with Crippen LogP contribution in [0.5, 0.6) is 23.0 Å². The van der Waals surface area contributed by atoms with E-state index in [4.69, 9.17) is 23.7 Å². The molecule has 69 heavy (non-hydrogen) atoms. The van der Waals surface area contributed by atoms with Gasteiger partial charge in [-0.1, -0.05) is 56.3 Å². The Morgan fingerprint density at radius 1 is 0.681 bits per heavy atom. The number of methoxy groups -OCH3 is 5. The normalized spacial score (nSPS) is 22.2. The van der Waals surface area contributed by atoms with E-state index in [2.05, 4.69) is 36.2 Å². The van der Waals surface area contributed by atoms with Gasteiger partial charge in [0.2, 0.25) is 0 Å². The van der Waals surface area contributed by atoms with Crippen molar-refractivity contribution in [2.45, 2.75) is 101 Å². The summed E-state index contributed by atoms with van der Waals surface area (Å²) in [6.45, 7) is 12.1. The van der Waals surface area contributed by atoms with Crippen LogP contribution in [-0.4, -0.2) is 135 Å². The molecule has 0 aliphatic carbocycles. The molecule has 3 aromatic carbocycles. The lowest BCUT2D eigenvalue weighted by Gasteiger charge is -2.46. The fourth-order valence-corrected chi connectivity index (χ4v) is 12.1. The van der Waals surface area contributed by atoms with Gasteiger partial charge in [-0.15, -0.1) is 0 Å². The van der Waals surface area contributed by atoms with Gasteiger partial charge in [0, 0.05) is 85.3 Å². The van der Waals surface area contributed by atoms with E-state index in [0.717, 1.165) is 79.0 Å². The number of piperidine rings is 2. The van der Waals surface area contributed by atoms with Crippen molar-refractivity contribution in [2.24, 2.45) is 0 Å². The molecule has 0 saturated carbocycles. The number of carbonyl (C=O) groups excluding carboxylic acids is 3. The van der Waals surface area contributed by atoms with E-state index in [9.17, 15) is 27.6 Å². The number of likely N-dealkylation sites (tertiary alicyclic amines) is 1. The van der Waals surface area contributed by atoms with E-state index >= 15 is 0 Å². The lowest BCUT2D eigenvalue weighted by atomic mass is 9.81. The van der Waals surface area contributed by atoms with Crippen molar-refractivity contribution in [1.29, 1.82) is 0 Å². The lowest BCUT2D eigenvalue weighted by molar-refractivity contribution is -0.271. The fraction of sp³-hybridized carbons (Fsp3) is 0.519. The maximum absolute atomic E-state index is 14.6. The van der Waals surface area contributed by atoms with E-state index in [1.807, 2.05) is 43.0 Å². The smallest absolute Gasteiger partial charge is 0.430 e. The molecule has 0 bridgehead atoms. The number of allylic oxidation sites excluding steroid dienone is 2. The van der Waals surface area contributed by atoms with E-state index in [1.54, 1.807) is 44.3 Å². The third-order valence-electron chi connectivity index (χ3n) is 15.3. The molecule has 372 valence electrons. The average Bonchev–Trinajstić information content (AvgIpc) is 3.50. The van der Waals surface area contributed by atoms with Crippen LogP contribution < -0.4 is 24.3 Å². The number of nitrogens with zero attached hydrogens (tertiary/aromatic N) is 5. The van der Waals surface area contributed by atoms with Crippen molar-refractivity contribution < 1.29 is 51.2 Å². The average molecular weight is 959 g/mol. The molecule has 6 heterocycles. The third kappa shape index (κ3) is 7.93. The van der Waals surface area contributed by atoms with Gasteiger partial charge in [0.1, 0.15) is 23.0 Å². The standard InChI is InChI=1S/C31H36F3N3O5.C21H29N3O3/c1-6-37-28(39)36-19-21-17-23(40-3)18-24(41-4)26(21)20(2)16-25(36)29(37)12-14-35(15-13-29)27(38)30(42-5,31(32,33)34)22-10-8-7-9-11-22;1-5-24-20(25)23-13-15-11-16(26-3)12-17(27-4)19(15)14(2)10-18(23)21(24)6-8-22-9-7-21/h7-11,16-18,20H,6,12-15,19H2,1-5H3;10-12,14,22H,5-9,13H2,1-4H3/t20-,30+;14-/m11/s1. The van der Waals surface area contributed by atoms with Crippen LogP contribution in [0.4, 0.5) is 22.8 Å². The predicted octanol–water partition coefficient (Wildman–Crippen LogP) is 8.51. The summed E-state index contributed by atoms with van der Waals surface area (Å²) < 4.78 is 71.2. The molecule has 9 rings (SSSR count). The summed E-state index contributed by atoms with van der Waals surface area (Å²) in [4.78, 5) is 49.8. The molecule has 4 saturated heterocycles. The molecular weight excluding hydrogens is 894 g/mol. The first-order chi connectivity index (χ1) is 33.0. The monoisotopic (exact) mass is 958 g/mol. The van der Waals surface area contributed by atoms with Crippen LogP contribution in [0.25, 0.3) is 0 Å². The molecule has 0 unspecified atom stereocenters. The number of hydrogen-bond donors (Lipinski definition) is 1. The Morgan fingerprint density at radius 2 is 1.13 bits per heavy atom. The number of halogens is 3. The van der Waals surface area contributed by atoms with Crippen LogP contribution in [-0.2, 0) is 28.2 Å². The lowest BCUT2D eigenvalue weighted by Crippen LogP contribution is -2.61. The van der Waals surface area contributed by atoms with Crippen LogP contribution in [0.3, 0.4) is 0 Å². The van der Waals surface area contributed by atoms with Crippen molar-refractivity contribution in [1.82, 2.24) is 29.8 Å². The van der Waals surface area contributed by atoms with Gasteiger partial charge in [-0.3, -0.25) is 14.6 Å². The minimum Gasteiger partial charge on any atom is -0.497 e. The van der Waals surface area contributed by atoms with E-state index in [-0.39, 0.29) is 60.9 Å². The number of likely N-dealkylation sites (N-methyl/N-ethyl adjacent to an activating group) is 2. The quantitative estimate of drug-likeness (QED) is 0.225. The molecular formula is C52H65F3N6O8. The van der Waals surface area contributed by atoms with Crippen molar-refractivity contribution in [3.8, 4) is 23.0 Å². The predicted molar refractivity (Wildman–Crippen MR) is 253 cm³/mol. The van der Waals surface area contributed by atoms with Crippen molar-refractivity contribution in [2.75, 3.05) is 74.8 Å². The van der Waals surface area contributed by atoms with E-state index < -0.39 is 23.2 Å². The zero-order chi connectivity index (χ0) is 49.6. The summed E-state index contributed by atoms with van der Waals surface area (Å²) in [6.07, 6.45) is 1.85. The molecule has 3 atom stereocenters. The maximum atomic E-state index is 14.6. The Balaban J connectivity index is 0.000000204. The molecule has 2 spiro atoms. The second-order valence-corrected chi connectivity index (χ2v) is 18.6. The molecule has 5 amide bonds. The van der Waals surface area contributed by atoms with E-state index in [0.29, 0.717) is 31.1 Å². The minimum atomic E-state index is -4.99. The van der Waals surface area contributed by atoms with Crippen molar-refractivity contribution in [3.05, 3.63) is 106 Å². The highest BCUT2D eigenvalue weighted by Gasteiger charge is 2.65. The van der Waals surface area contributed by atoms with Gasteiger partial charge in [-0.05, 0) is 75.9 Å². The number of urea groups is 2. The zero-order valence-corrected chi connectivity index (χ0v) is 41.1. The first-order valence-corrected chi connectivity index (χ1v) is 23.8. The third-order valence-corrected chi connectivity index (χ3v) is 15.3. The summed E-state index contributed by atoms with van der Waals surface area (Å²) in [5, 5.41) is 3.45. The van der Waals surface area contributed by atoms with E-state index in [1.165, 1.54) is 34.9 Å². The Kier molecular flexibility index (Phi) is 13.7. The second kappa shape index (κ2) is 19.1. The highest BCUT2D eigenvalue weighted by Crippen LogP contribution is 2.52. The van der Waals surface area contributed by atoms with Gasteiger partial charge in [0.05, 0.1) is 52.6 Å². The van der Waals surface area contributed by atoms with Gasteiger partial charge in [-0.2, -0.15) is 13.2 Å². The first-order valence-electron chi connectivity index (χ1n) is 23.8. The summed E-state index contributed by atoms with van der Waals surface area (Å²) in [7, 11) is 7.43. The number of amides is 5. The summed E-state index contributed by atoms with van der Waals surface area (Å²) in [6, 6.07) is 14.7. The molecule has 17 heteroatoms. The molecule has 0 aromatic heterocycles. The Labute approximate surface area is 402 Å². The number of benzene rings is 3.